The van der Waals surface area contributed by atoms with Crippen LogP contribution in [-0.2, 0) is 4.79 Å². The van der Waals surface area contributed by atoms with Crippen molar-refractivity contribution in [2.75, 3.05) is 10.7 Å². The van der Waals surface area contributed by atoms with E-state index >= 15 is 0 Å². The number of carbonyl (C=O) groups excluding carboxylic acids is 1. The Kier molecular flexibility index (Phi) is 4.57. The van der Waals surface area contributed by atoms with Gasteiger partial charge in [-0.05, 0) is 43.7 Å². The predicted octanol–water partition coefficient (Wildman–Crippen LogP) is 3.43. The Morgan fingerprint density at radius 1 is 1.11 bits per heavy atom. The lowest BCUT2D eigenvalue weighted by molar-refractivity contribution is -0.116. The number of thioether (sulfide) groups is 1. The van der Waals surface area contributed by atoms with Gasteiger partial charge in [-0.3, -0.25) is 4.79 Å². The molecule has 0 saturated carbocycles. The van der Waals surface area contributed by atoms with Crippen LogP contribution in [0.25, 0.3) is 0 Å². The molecule has 2 atom stereocenters. The highest BCUT2D eigenvalue weighted by atomic mass is 32.2. The molecule has 1 aliphatic heterocycles. The summed E-state index contributed by atoms with van der Waals surface area (Å²) in [5, 5.41) is 11.3. The smallest absolute Gasteiger partial charge is 0.240 e. The van der Waals surface area contributed by atoms with Gasteiger partial charge >= 0.3 is 0 Å². The standard InChI is InChI=1S/C19H18FN5OS/c1-11-3-9-15(10-4-11)21-18(26)17-16(13-5-7-14(20)8-6-13)24-25-12(2)22-23-19(25)27-17/h3-10,16-17,24H,1-2H3,(H,21,26). The van der Waals surface area contributed by atoms with Crippen molar-refractivity contribution in [2.24, 2.45) is 0 Å². The average Bonchev–Trinajstić information content (AvgIpc) is 3.03. The summed E-state index contributed by atoms with van der Waals surface area (Å²) in [5.74, 6) is 0.226. The molecule has 0 fully saturated rings. The quantitative estimate of drug-likeness (QED) is 0.725. The van der Waals surface area contributed by atoms with Crippen molar-refractivity contribution in [2.45, 2.75) is 30.3 Å². The number of nitrogens with one attached hydrogen (secondary N) is 2. The zero-order valence-electron chi connectivity index (χ0n) is 14.8. The van der Waals surface area contributed by atoms with Crippen LogP contribution in [-0.4, -0.2) is 26.0 Å². The van der Waals surface area contributed by atoms with E-state index in [2.05, 4.69) is 20.9 Å². The molecule has 3 aromatic rings. The first-order valence-electron chi connectivity index (χ1n) is 8.49. The summed E-state index contributed by atoms with van der Waals surface area (Å²) in [6.07, 6.45) is 0. The largest absolute Gasteiger partial charge is 0.325 e. The fraction of sp³-hybridized carbons (Fsp3) is 0.211. The highest BCUT2D eigenvalue weighted by Crippen LogP contribution is 2.37. The van der Waals surface area contributed by atoms with Crippen LogP contribution < -0.4 is 10.7 Å². The minimum atomic E-state index is -0.493. The number of anilines is 1. The Morgan fingerprint density at radius 3 is 2.52 bits per heavy atom. The van der Waals surface area contributed by atoms with Crippen LogP contribution in [0.5, 0.6) is 0 Å². The van der Waals surface area contributed by atoms with E-state index in [1.807, 2.05) is 38.1 Å². The summed E-state index contributed by atoms with van der Waals surface area (Å²) >= 11 is 1.34. The zero-order valence-corrected chi connectivity index (χ0v) is 15.6. The van der Waals surface area contributed by atoms with E-state index in [-0.39, 0.29) is 17.8 Å². The van der Waals surface area contributed by atoms with Crippen molar-refractivity contribution in [3.8, 4) is 0 Å². The molecule has 27 heavy (non-hydrogen) atoms. The van der Waals surface area contributed by atoms with E-state index in [1.54, 1.807) is 16.8 Å². The lowest BCUT2D eigenvalue weighted by Gasteiger charge is -2.32. The molecule has 0 saturated heterocycles. The first kappa shape index (κ1) is 17.5. The van der Waals surface area contributed by atoms with Crippen molar-refractivity contribution < 1.29 is 9.18 Å². The third-order valence-corrected chi connectivity index (χ3v) is 5.62. The van der Waals surface area contributed by atoms with Crippen LogP contribution in [0, 0.1) is 19.7 Å². The number of amides is 1. The van der Waals surface area contributed by atoms with Gasteiger partial charge in [-0.2, -0.15) is 0 Å². The maximum absolute atomic E-state index is 13.4. The molecule has 4 rings (SSSR count). The summed E-state index contributed by atoms with van der Waals surface area (Å²) in [6.45, 7) is 3.82. The second-order valence-corrected chi connectivity index (χ2v) is 7.53. The normalized spacial score (nSPS) is 18.5. The van der Waals surface area contributed by atoms with Gasteiger partial charge in [0, 0.05) is 5.69 Å². The van der Waals surface area contributed by atoms with Crippen LogP contribution in [0.1, 0.15) is 23.0 Å². The number of nitrogens with zero attached hydrogens (tertiary/aromatic N) is 3. The van der Waals surface area contributed by atoms with Crippen molar-refractivity contribution in [3.63, 3.8) is 0 Å². The fourth-order valence-corrected chi connectivity index (χ4v) is 4.06. The van der Waals surface area contributed by atoms with Gasteiger partial charge in [0.25, 0.3) is 0 Å². The van der Waals surface area contributed by atoms with E-state index in [9.17, 15) is 9.18 Å². The molecule has 2 aromatic carbocycles. The molecule has 2 N–H and O–H groups in total. The van der Waals surface area contributed by atoms with Gasteiger partial charge in [-0.25, -0.2) is 9.07 Å². The Hall–Kier alpha value is -2.87. The molecule has 1 aliphatic rings. The summed E-state index contributed by atoms with van der Waals surface area (Å²) in [5.41, 5.74) is 5.96. The van der Waals surface area contributed by atoms with Crippen molar-refractivity contribution in [3.05, 3.63) is 71.3 Å². The monoisotopic (exact) mass is 383 g/mol. The molecule has 8 heteroatoms. The molecule has 0 radical (unpaired) electrons. The van der Waals surface area contributed by atoms with Gasteiger partial charge in [0.15, 0.2) is 0 Å². The molecular weight excluding hydrogens is 365 g/mol. The van der Waals surface area contributed by atoms with E-state index in [1.165, 1.54) is 23.9 Å². The Balaban J connectivity index is 1.65. The second kappa shape index (κ2) is 7.03. The average molecular weight is 383 g/mol. The molecular formula is C19H18FN5OS. The number of rotatable bonds is 3. The Bertz CT molecular complexity index is 971. The summed E-state index contributed by atoms with van der Waals surface area (Å²) < 4.78 is 15.1. The van der Waals surface area contributed by atoms with Crippen molar-refractivity contribution in [1.82, 2.24) is 14.9 Å². The summed E-state index contributed by atoms with van der Waals surface area (Å²) in [7, 11) is 0. The number of aromatic nitrogens is 3. The molecule has 0 spiro atoms. The van der Waals surface area contributed by atoms with Crippen LogP contribution in [0.4, 0.5) is 10.1 Å². The zero-order chi connectivity index (χ0) is 19.0. The first-order valence-corrected chi connectivity index (χ1v) is 9.37. The molecule has 6 nitrogen and oxygen atoms in total. The lowest BCUT2D eigenvalue weighted by atomic mass is 10.0. The number of carbonyl (C=O) groups is 1. The fourth-order valence-electron chi connectivity index (χ4n) is 2.93. The number of benzene rings is 2. The van der Waals surface area contributed by atoms with Gasteiger partial charge in [0.05, 0.1) is 6.04 Å². The predicted molar refractivity (Wildman–Crippen MR) is 103 cm³/mol. The lowest BCUT2D eigenvalue weighted by Crippen LogP contribution is -2.41. The molecule has 2 unspecified atom stereocenters. The third-order valence-electron chi connectivity index (χ3n) is 4.41. The molecule has 1 amide bonds. The van der Waals surface area contributed by atoms with Gasteiger partial charge in [0.1, 0.15) is 16.9 Å². The van der Waals surface area contributed by atoms with Crippen LogP contribution in [0.2, 0.25) is 0 Å². The number of halogens is 1. The van der Waals surface area contributed by atoms with E-state index in [0.717, 1.165) is 16.8 Å². The Morgan fingerprint density at radius 2 is 1.81 bits per heavy atom. The Labute approximate surface area is 160 Å². The first-order chi connectivity index (χ1) is 13.0. The second-order valence-electron chi connectivity index (χ2n) is 6.42. The van der Waals surface area contributed by atoms with Gasteiger partial charge in [-0.15, -0.1) is 10.2 Å². The molecule has 1 aromatic heterocycles. The maximum Gasteiger partial charge on any atom is 0.240 e. The van der Waals surface area contributed by atoms with E-state index < -0.39 is 5.25 Å². The maximum atomic E-state index is 13.4. The summed E-state index contributed by atoms with van der Waals surface area (Å²) in [6, 6.07) is 13.4. The topological polar surface area (TPSA) is 71.8 Å². The van der Waals surface area contributed by atoms with Crippen LogP contribution in [0.15, 0.2) is 53.7 Å². The van der Waals surface area contributed by atoms with Gasteiger partial charge in [0.2, 0.25) is 11.1 Å². The molecule has 2 heterocycles. The number of aryl methyl sites for hydroxylation is 2. The van der Waals surface area contributed by atoms with Gasteiger partial charge < -0.3 is 10.7 Å². The van der Waals surface area contributed by atoms with E-state index in [0.29, 0.717) is 11.0 Å². The van der Waals surface area contributed by atoms with Crippen LogP contribution in [0.3, 0.4) is 0 Å². The minimum Gasteiger partial charge on any atom is -0.325 e. The van der Waals surface area contributed by atoms with Crippen molar-refractivity contribution in [1.29, 1.82) is 0 Å². The minimum absolute atomic E-state index is 0.155. The number of fused-ring (bicyclic) bond motifs is 1. The SMILES string of the molecule is Cc1ccc(NC(=O)C2Sc3nnc(C)n3NC2c2ccc(F)cc2)cc1. The molecule has 0 aliphatic carbocycles. The van der Waals surface area contributed by atoms with Gasteiger partial charge in [-0.1, -0.05) is 41.6 Å². The van der Waals surface area contributed by atoms with Crippen molar-refractivity contribution >= 4 is 23.4 Å². The number of hydrogen-bond donors (Lipinski definition) is 2. The molecule has 0 bridgehead atoms. The van der Waals surface area contributed by atoms with E-state index in [4.69, 9.17) is 0 Å². The number of hydrogen-bond acceptors (Lipinski definition) is 5. The summed E-state index contributed by atoms with van der Waals surface area (Å²) in [4.78, 5) is 13.0. The van der Waals surface area contributed by atoms with Crippen LogP contribution >= 0.6 is 11.8 Å². The third kappa shape index (κ3) is 3.52. The highest BCUT2D eigenvalue weighted by Gasteiger charge is 2.37. The molecule has 138 valence electrons. The highest BCUT2D eigenvalue weighted by molar-refractivity contribution is 8.00.